The van der Waals surface area contributed by atoms with Crippen LogP contribution >= 0.6 is 27.5 Å². The van der Waals surface area contributed by atoms with Crippen molar-refractivity contribution in [2.24, 2.45) is 5.10 Å². The minimum atomic E-state index is -4.58. The first-order valence-electron chi connectivity index (χ1n) is 12.3. The van der Waals surface area contributed by atoms with Crippen LogP contribution in [0.3, 0.4) is 0 Å². The normalized spacial score (nSPS) is 11.6. The Morgan fingerprint density at radius 1 is 1.02 bits per heavy atom. The van der Waals surface area contributed by atoms with E-state index in [0.29, 0.717) is 32.0 Å². The van der Waals surface area contributed by atoms with Crippen molar-refractivity contribution < 1.29 is 22.7 Å². The Labute approximate surface area is 250 Å². The third kappa shape index (κ3) is 6.69. The molecule has 0 aliphatic heterocycles. The van der Waals surface area contributed by atoms with Gasteiger partial charge >= 0.3 is 6.18 Å². The van der Waals surface area contributed by atoms with Gasteiger partial charge in [0.05, 0.1) is 27.2 Å². The smallest absolute Gasteiger partial charge is 0.416 e. The fraction of sp³-hybridized carbons (Fsp3) is 0.0667. The second-order valence-corrected chi connectivity index (χ2v) is 10.2. The van der Waals surface area contributed by atoms with Crippen LogP contribution in [0.2, 0.25) is 5.02 Å². The minimum Gasteiger partial charge on any atom is -0.483 e. The first kappa shape index (κ1) is 29.0. The van der Waals surface area contributed by atoms with Crippen LogP contribution in [0.25, 0.3) is 22.3 Å². The molecule has 12 heteroatoms. The fourth-order valence-corrected chi connectivity index (χ4v) is 4.60. The lowest BCUT2D eigenvalue weighted by Crippen LogP contribution is -2.20. The van der Waals surface area contributed by atoms with Gasteiger partial charge in [-0.3, -0.25) is 9.59 Å². The molecular weight excluding hydrogens is 637 g/mol. The van der Waals surface area contributed by atoms with E-state index in [4.69, 9.17) is 16.3 Å². The lowest BCUT2D eigenvalue weighted by atomic mass is 10.1. The van der Waals surface area contributed by atoms with Crippen molar-refractivity contribution in [1.29, 1.82) is 0 Å². The van der Waals surface area contributed by atoms with Gasteiger partial charge in [-0.25, -0.2) is 4.98 Å². The molecule has 0 atom stereocenters. The lowest BCUT2D eigenvalue weighted by Gasteiger charge is -2.12. The second kappa shape index (κ2) is 12.2. The highest BCUT2D eigenvalue weighted by atomic mass is 79.9. The maximum absolute atomic E-state index is 13.4. The standard InChI is InChI=1S/C30H19BrClF3N4O3/c31-24-14-18(8-13-26(24)42-17-27(40)37-22-11-9-21(32)10-12-22)16-36-39-28(19-4-3-5-20(15-19)30(33,34)35)38-25-7-2-1-6-23(25)29(39)41/h1-16H,17H2,(H,37,40). The van der Waals surface area contributed by atoms with Gasteiger partial charge in [-0.15, -0.1) is 0 Å². The van der Waals surface area contributed by atoms with E-state index in [0.717, 1.165) is 16.8 Å². The number of halogens is 5. The van der Waals surface area contributed by atoms with Crippen molar-refractivity contribution in [3.63, 3.8) is 0 Å². The molecule has 1 aromatic heterocycles. The molecule has 5 aromatic rings. The summed E-state index contributed by atoms with van der Waals surface area (Å²) < 4.78 is 47.3. The van der Waals surface area contributed by atoms with E-state index in [9.17, 15) is 22.8 Å². The highest BCUT2D eigenvalue weighted by Gasteiger charge is 2.31. The van der Waals surface area contributed by atoms with Crippen LogP contribution in [0.1, 0.15) is 11.1 Å². The topological polar surface area (TPSA) is 85.6 Å². The number of ether oxygens (including phenoxy) is 1. The Morgan fingerprint density at radius 3 is 2.52 bits per heavy atom. The number of carbonyl (C=O) groups excluding carboxylic acids is 1. The summed E-state index contributed by atoms with van der Waals surface area (Å²) in [7, 11) is 0. The van der Waals surface area contributed by atoms with Crippen molar-refractivity contribution in [2.75, 3.05) is 11.9 Å². The van der Waals surface area contributed by atoms with E-state index in [-0.39, 0.29) is 29.3 Å². The molecule has 0 aliphatic carbocycles. The van der Waals surface area contributed by atoms with E-state index < -0.39 is 17.3 Å². The Kier molecular flexibility index (Phi) is 8.41. The van der Waals surface area contributed by atoms with Gasteiger partial charge in [0.2, 0.25) is 0 Å². The largest absolute Gasteiger partial charge is 0.483 e. The highest BCUT2D eigenvalue weighted by Crippen LogP contribution is 2.32. The molecule has 0 spiro atoms. The maximum atomic E-state index is 13.4. The summed E-state index contributed by atoms with van der Waals surface area (Å²) in [5.41, 5.74) is 0.0862. The van der Waals surface area contributed by atoms with E-state index >= 15 is 0 Å². The summed E-state index contributed by atoms with van der Waals surface area (Å²) in [6.07, 6.45) is -3.20. The Morgan fingerprint density at radius 2 is 1.79 bits per heavy atom. The Balaban J connectivity index is 1.40. The van der Waals surface area contributed by atoms with Gasteiger partial charge in [0, 0.05) is 16.3 Å². The van der Waals surface area contributed by atoms with E-state index in [1.165, 1.54) is 18.3 Å². The highest BCUT2D eigenvalue weighted by molar-refractivity contribution is 9.10. The molecule has 0 saturated heterocycles. The van der Waals surface area contributed by atoms with Gasteiger partial charge in [-0.2, -0.15) is 22.9 Å². The summed E-state index contributed by atoms with van der Waals surface area (Å²) in [6, 6.07) is 22.6. The van der Waals surface area contributed by atoms with Gasteiger partial charge in [0.15, 0.2) is 12.4 Å². The quantitative estimate of drug-likeness (QED) is 0.185. The molecule has 212 valence electrons. The molecule has 0 radical (unpaired) electrons. The van der Waals surface area contributed by atoms with Crippen LogP contribution in [0, 0.1) is 0 Å². The third-order valence-electron chi connectivity index (χ3n) is 5.97. The summed E-state index contributed by atoms with van der Waals surface area (Å²) in [5, 5.41) is 7.79. The monoisotopic (exact) mass is 654 g/mol. The molecular formula is C30H19BrClF3N4O3. The van der Waals surface area contributed by atoms with Crippen molar-refractivity contribution in [3.05, 3.63) is 122 Å². The Bertz CT molecular complexity index is 1880. The van der Waals surface area contributed by atoms with E-state index in [1.807, 2.05) is 0 Å². The molecule has 0 fully saturated rings. The number of rotatable bonds is 7. The lowest BCUT2D eigenvalue weighted by molar-refractivity contribution is -0.137. The second-order valence-electron chi connectivity index (χ2n) is 8.93. The van der Waals surface area contributed by atoms with E-state index in [2.05, 4.69) is 31.3 Å². The third-order valence-corrected chi connectivity index (χ3v) is 6.84. The average molecular weight is 656 g/mol. The molecule has 7 nitrogen and oxygen atoms in total. The van der Waals surface area contributed by atoms with Crippen LogP contribution < -0.4 is 15.6 Å². The fourth-order valence-electron chi connectivity index (χ4n) is 3.96. The van der Waals surface area contributed by atoms with Crippen LogP contribution in [-0.2, 0) is 11.0 Å². The van der Waals surface area contributed by atoms with Gasteiger partial charge < -0.3 is 10.1 Å². The number of benzene rings is 4. The van der Waals surface area contributed by atoms with Crippen LogP contribution in [0.15, 0.2) is 105 Å². The zero-order chi connectivity index (χ0) is 29.9. The van der Waals surface area contributed by atoms with Crippen LogP contribution in [0.4, 0.5) is 18.9 Å². The molecule has 0 bridgehead atoms. The first-order chi connectivity index (χ1) is 20.1. The number of para-hydroxylation sites is 1. The van der Waals surface area contributed by atoms with Crippen LogP contribution in [0.5, 0.6) is 5.75 Å². The van der Waals surface area contributed by atoms with Gasteiger partial charge in [-0.1, -0.05) is 35.9 Å². The number of hydrogen-bond acceptors (Lipinski definition) is 5. The molecule has 1 N–H and O–H groups in total. The van der Waals surface area contributed by atoms with Gasteiger partial charge in [-0.05, 0) is 88.2 Å². The number of aromatic nitrogens is 2. The minimum absolute atomic E-state index is 0.0493. The first-order valence-corrected chi connectivity index (χ1v) is 13.5. The summed E-state index contributed by atoms with van der Waals surface area (Å²) in [4.78, 5) is 30.1. The van der Waals surface area contributed by atoms with Crippen molar-refractivity contribution >= 4 is 56.2 Å². The van der Waals surface area contributed by atoms with Gasteiger partial charge in [0.1, 0.15) is 5.75 Å². The number of amides is 1. The predicted molar refractivity (Wildman–Crippen MR) is 159 cm³/mol. The molecule has 1 heterocycles. The number of nitrogens with zero attached hydrogens (tertiary/aromatic N) is 3. The molecule has 1 amide bonds. The number of hydrogen-bond donors (Lipinski definition) is 1. The van der Waals surface area contributed by atoms with Crippen LogP contribution in [-0.4, -0.2) is 28.4 Å². The number of carbonyl (C=O) groups is 1. The summed E-state index contributed by atoms with van der Waals surface area (Å²) >= 11 is 9.26. The molecule has 0 unspecified atom stereocenters. The van der Waals surface area contributed by atoms with Gasteiger partial charge in [0.25, 0.3) is 11.5 Å². The number of nitrogens with one attached hydrogen (secondary N) is 1. The predicted octanol–water partition coefficient (Wildman–Crippen LogP) is 7.40. The molecule has 0 aliphatic rings. The molecule has 5 rings (SSSR count). The molecule has 42 heavy (non-hydrogen) atoms. The maximum Gasteiger partial charge on any atom is 0.416 e. The number of fused-ring (bicyclic) bond motifs is 1. The summed E-state index contributed by atoms with van der Waals surface area (Å²) in [6.45, 7) is -0.257. The van der Waals surface area contributed by atoms with Crippen molar-refractivity contribution in [2.45, 2.75) is 6.18 Å². The zero-order valence-corrected chi connectivity index (χ0v) is 23.7. The molecule has 0 saturated carbocycles. The molecule has 4 aromatic carbocycles. The number of alkyl halides is 3. The number of anilines is 1. The average Bonchev–Trinajstić information content (AvgIpc) is 2.97. The zero-order valence-electron chi connectivity index (χ0n) is 21.4. The SMILES string of the molecule is O=C(COc1ccc(C=Nn2c(-c3cccc(C(F)(F)F)c3)nc3ccccc3c2=O)cc1Br)Nc1ccc(Cl)cc1. The van der Waals surface area contributed by atoms with Crippen molar-refractivity contribution in [3.8, 4) is 17.1 Å². The summed E-state index contributed by atoms with van der Waals surface area (Å²) in [5.74, 6) is -0.0421. The van der Waals surface area contributed by atoms with E-state index in [1.54, 1.807) is 66.7 Å². The van der Waals surface area contributed by atoms with Crippen molar-refractivity contribution in [1.82, 2.24) is 9.66 Å². The Hall–Kier alpha value is -4.48.